The zero-order valence-corrected chi connectivity index (χ0v) is 22.8. The first-order valence-electron chi connectivity index (χ1n) is 12.8. The van der Waals surface area contributed by atoms with E-state index in [4.69, 9.17) is 14.2 Å². The van der Waals surface area contributed by atoms with Crippen LogP contribution in [0, 0.1) is 11.3 Å². The van der Waals surface area contributed by atoms with Gasteiger partial charge in [0.15, 0.2) is 11.5 Å². The fourth-order valence-corrected chi connectivity index (χ4v) is 6.82. The number of rotatable bonds is 6. The van der Waals surface area contributed by atoms with Crippen LogP contribution >= 0.6 is 0 Å². The monoisotopic (exact) mass is 486 g/mol. The lowest BCUT2D eigenvalue weighted by Crippen LogP contribution is -2.57. The topological polar surface area (TPSA) is 85.9 Å². The molecular formula is C28H42N2O5. The number of amides is 1. The molecule has 1 heterocycles. The van der Waals surface area contributed by atoms with E-state index in [0.29, 0.717) is 17.9 Å². The van der Waals surface area contributed by atoms with Crippen molar-refractivity contribution in [3.05, 3.63) is 22.8 Å². The van der Waals surface area contributed by atoms with Crippen LogP contribution in [0.25, 0.3) is 0 Å². The molecule has 7 heteroatoms. The third-order valence-electron chi connectivity index (χ3n) is 8.23. The smallest absolute Gasteiger partial charge is 0.317 e. The SMILES string of the molecule is COc1c(C(C)C)cc2c(c1OC)C13CCCC(C)(C)C1C(OC3=O)C2NC(=O)CNC(C)(C)C. The maximum Gasteiger partial charge on any atom is 0.317 e. The van der Waals surface area contributed by atoms with Crippen LogP contribution in [0.4, 0.5) is 0 Å². The Morgan fingerprint density at radius 3 is 2.40 bits per heavy atom. The number of ether oxygens (including phenoxy) is 3. The normalized spacial score (nSPS) is 28.7. The molecule has 1 aromatic rings. The Morgan fingerprint density at radius 2 is 1.83 bits per heavy atom. The summed E-state index contributed by atoms with van der Waals surface area (Å²) in [6, 6.07) is 1.65. The molecule has 0 aromatic heterocycles. The molecule has 35 heavy (non-hydrogen) atoms. The molecule has 1 aliphatic heterocycles. The second kappa shape index (κ2) is 8.68. The summed E-state index contributed by atoms with van der Waals surface area (Å²) >= 11 is 0. The molecule has 1 amide bonds. The number of benzene rings is 1. The van der Waals surface area contributed by atoms with Gasteiger partial charge in [0.05, 0.1) is 26.8 Å². The Balaban J connectivity index is 1.95. The molecule has 1 aromatic carbocycles. The van der Waals surface area contributed by atoms with E-state index in [0.717, 1.165) is 29.5 Å². The lowest BCUT2D eigenvalue weighted by molar-refractivity contribution is -0.146. The van der Waals surface area contributed by atoms with Gasteiger partial charge in [-0.25, -0.2) is 0 Å². The summed E-state index contributed by atoms with van der Waals surface area (Å²) < 4.78 is 18.1. The van der Waals surface area contributed by atoms with Crippen LogP contribution < -0.4 is 20.1 Å². The fraction of sp³-hybridized carbons (Fsp3) is 0.714. The predicted molar refractivity (Wildman–Crippen MR) is 135 cm³/mol. The van der Waals surface area contributed by atoms with Gasteiger partial charge in [-0.05, 0) is 56.6 Å². The average molecular weight is 487 g/mol. The van der Waals surface area contributed by atoms with E-state index in [1.807, 2.05) is 20.8 Å². The number of esters is 1. The zero-order valence-electron chi connectivity index (χ0n) is 22.8. The average Bonchev–Trinajstić information content (AvgIpc) is 3.03. The van der Waals surface area contributed by atoms with Crippen LogP contribution in [-0.4, -0.2) is 44.3 Å². The number of carbonyl (C=O) groups is 2. The number of carbonyl (C=O) groups excluding carboxylic acids is 2. The minimum absolute atomic E-state index is 0.0758. The minimum Gasteiger partial charge on any atom is -0.493 e. The molecule has 2 fully saturated rings. The van der Waals surface area contributed by atoms with Crippen LogP contribution in [0.15, 0.2) is 6.07 Å². The molecule has 7 nitrogen and oxygen atoms in total. The summed E-state index contributed by atoms with van der Waals surface area (Å²) in [5.41, 5.74) is 1.61. The number of nitrogens with one attached hydrogen (secondary N) is 2. The van der Waals surface area contributed by atoms with Gasteiger partial charge in [0.2, 0.25) is 5.91 Å². The first-order chi connectivity index (χ1) is 16.3. The number of hydrogen-bond donors (Lipinski definition) is 2. The summed E-state index contributed by atoms with van der Waals surface area (Å²) in [5.74, 6) is 1.02. The van der Waals surface area contributed by atoms with Crippen molar-refractivity contribution in [3.8, 4) is 11.5 Å². The van der Waals surface area contributed by atoms with E-state index < -0.39 is 17.6 Å². The van der Waals surface area contributed by atoms with E-state index in [2.05, 4.69) is 44.4 Å². The largest absolute Gasteiger partial charge is 0.493 e. The van der Waals surface area contributed by atoms with Gasteiger partial charge in [0, 0.05) is 22.6 Å². The van der Waals surface area contributed by atoms with Gasteiger partial charge in [-0.3, -0.25) is 9.59 Å². The quantitative estimate of drug-likeness (QED) is 0.581. The molecule has 4 unspecified atom stereocenters. The van der Waals surface area contributed by atoms with Crippen LogP contribution in [-0.2, 0) is 19.7 Å². The molecule has 2 aliphatic carbocycles. The van der Waals surface area contributed by atoms with Gasteiger partial charge in [0.25, 0.3) is 0 Å². The standard InChI is InChI=1S/C28H42N2O5/c1-15(2)16-13-17-19(22(34-9)21(16)33-8)28-12-10-11-27(6,7)24(28)23(35-25(28)32)20(17)30-18(31)14-29-26(3,4)5/h13,15,20,23-24,29H,10-12,14H2,1-9H3,(H,30,31). The summed E-state index contributed by atoms with van der Waals surface area (Å²) in [4.78, 5) is 27.0. The molecule has 4 rings (SSSR count). The van der Waals surface area contributed by atoms with E-state index >= 15 is 0 Å². The minimum atomic E-state index is -0.805. The highest BCUT2D eigenvalue weighted by Gasteiger charge is 2.70. The second-order valence-electron chi connectivity index (χ2n) is 12.5. The maximum absolute atomic E-state index is 13.8. The van der Waals surface area contributed by atoms with Crippen molar-refractivity contribution in [3.63, 3.8) is 0 Å². The molecule has 0 radical (unpaired) electrons. The van der Waals surface area contributed by atoms with Gasteiger partial charge in [-0.1, -0.05) is 34.1 Å². The van der Waals surface area contributed by atoms with Crippen molar-refractivity contribution in [2.45, 2.75) is 96.7 Å². The molecule has 1 saturated heterocycles. The Morgan fingerprint density at radius 1 is 1.17 bits per heavy atom. The molecule has 4 atom stereocenters. The lowest BCUT2D eigenvalue weighted by atomic mass is 9.49. The van der Waals surface area contributed by atoms with Gasteiger partial charge >= 0.3 is 5.97 Å². The lowest BCUT2D eigenvalue weighted by Gasteiger charge is -2.52. The Bertz CT molecular complexity index is 1030. The van der Waals surface area contributed by atoms with Gasteiger partial charge in [-0.15, -0.1) is 0 Å². The van der Waals surface area contributed by atoms with E-state index in [1.165, 1.54) is 0 Å². The maximum atomic E-state index is 13.8. The molecule has 2 N–H and O–H groups in total. The van der Waals surface area contributed by atoms with Crippen molar-refractivity contribution in [1.82, 2.24) is 10.6 Å². The van der Waals surface area contributed by atoms with Crippen molar-refractivity contribution in [2.75, 3.05) is 20.8 Å². The highest BCUT2D eigenvalue weighted by atomic mass is 16.6. The summed E-state index contributed by atoms with van der Waals surface area (Å²) in [7, 11) is 3.28. The summed E-state index contributed by atoms with van der Waals surface area (Å²) in [5, 5.41) is 6.51. The van der Waals surface area contributed by atoms with Crippen LogP contribution in [0.3, 0.4) is 0 Å². The Hall–Kier alpha value is -2.28. The van der Waals surface area contributed by atoms with Crippen molar-refractivity contribution in [2.24, 2.45) is 11.3 Å². The zero-order chi connectivity index (χ0) is 25.9. The third kappa shape index (κ3) is 4.00. The summed E-state index contributed by atoms with van der Waals surface area (Å²) in [6.45, 7) is 14.9. The third-order valence-corrected chi connectivity index (χ3v) is 8.23. The molecular weight excluding hydrogens is 444 g/mol. The first kappa shape index (κ1) is 25.8. The van der Waals surface area contributed by atoms with Gasteiger partial charge in [-0.2, -0.15) is 0 Å². The summed E-state index contributed by atoms with van der Waals surface area (Å²) in [6.07, 6.45) is 2.20. The molecule has 2 bridgehead atoms. The highest BCUT2D eigenvalue weighted by molar-refractivity contribution is 5.91. The number of fused-ring (bicyclic) bond motifs is 1. The predicted octanol–water partition coefficient (Wildman–Crippen LogP) is 4.38. The van der Waals surface area contributed by atoms with Crippen LogP contribution in [0.2, 0.25) is 0 Å². The van der Waals surface area contributed by atoms with Gasteiger partial charge < -0.3 is 24.8 Å². The van der Waals surface area contributed by atoms with Crippen molar-refractivity contribution < 1.29 is 23.8 Å². The van der Waals surface area contributed by atoms with Crippen LogP contribution in [0.5, 0.6) is 11.5 Å². The first-order valence-corrected chi connectivity index (χ1v) is 12.8. The van der Waals surface area contributed by atoms with Crippen molar-refractivity contribution >= 4 is 11.9 Å². The molecule has 194 valence electrons. The molecule has 0 spiro atoms. The molecule has 1 saturated carbocycles. The second-order valence-corrected chi connectivity index (χ2v) is 12.5. The Kier molecular flexibility index (Phi) is 6.40. The van der Waals surface area contributed by atoms with Gasteiger partial charge in [0.1, 0.15) is 11.5 Å². The van der Waals surface area contributed by atoms with Crippen molar-refractivity contribution in [1.29, 1.82) is 0 Å². The Labute approximate surface area is 209 Å². The van der Waals surface area contributed by atoms with E-state index in [-0.39, 0.29) is 41.2 Å². The van der Waals surface area contributed by atoms with E-state index in [1.54, 1.807) is 14.2 Å². The fourth-order valence-electron chi connectivity index (χ4n) is 6.82. The number of methoxy groups -OCH3 is 2. The number of hydrogen-bond acceptors (Lipinski definition) is 6. The van der Waals surface area contributed by atoms with Crippen LogP contribution in [0.1, 0.15) is 96.4 Å². The van der Waals surface area contributed by atoms with E-state index in [9.17, 15) is 9.59 Å². The highest BCUT2D eigenvalue weighted by Crippen LogP contribution is 2.66. The molecule has 3 aliphatic rings.